The summed E-state index contributed by atoms with van der Waals surface area (Å²) in [5.41, 5.74) is 0.417. The molecule has 0 saturated carbocycles. The van der Waals surface area contributed by atoms with Crippen molar-refractivity contribution in [1.29, 1.82) is 0 Å². The van der Waals surface area contributed by atoms with Gasteiger partial charge in [-0.15, -0.1) is 10.2 Å². The molecule has 1 aromatic heterocycles. The average Bonchev–Trinajstić information content (AvgIpc) is 3.25. The Hall–Kier alpha value is -2.25. The van der Waals surface area contributed by atoms with E-state index in [1.165, 1.54) is 12.8 Å². The van der Waals surface area contributed by atoms with Gasteiger partial charge in [0.2, 0.25) is 0 Å². The molecule has 1 N–H and O–H groups in total. The number of morpholine rings is 1. The zero-order chi connectivity index (χ0) is 18.5. The molecule has 0 bridgehead atoms. The highest BCUT2D eigenvalue weighted by Crippen LogP contribution is 2.28. The molecule has 0 spiro atoms. The molecular weight excluding hydrogens is 342 g/mol. The third-order valence-electron chi connectivity index (χ3n) is 5.33. The van der Waals surface area contributed by atoms with E-state index in [0.29, 0.717) is 12.2 Å². The minimum Gasteiger partial charge on any atom is -0.379 e. The van der Waals surface area contributed by atoms with Crippen molar-refractivity contribution in [2.45, 2.75) is 19.3 Å². The molecule has 0 radical (unpaired) electrons. The number of anilines is 1. The van der Waals surface area contributed by atoms with Gasteiger partial charge in [0.25, 0.3) is 5.91 Å². The molecule has 0 aliphatic carbocycles. The number of benzene rings is 1. The molecular formula is C20H27N5O2. The molecule has 2 aromatic rings. The first-order valence-electron chi connectivity index (χ1n) is 9.91. The summed E-state index contributed by atoms with van der Waals surface area (Å²) in [7, 11) is 0. The van der Waals surface area contributed by atoms with Crippen molar-refractivity contribution >= 4 is 22.5 Å². The molecule has 1 amide bonds. The quantitative estimate of drug-likeness (QED) is 0.782. The van der Waals surface area contributed by atoms with E-state index in [0.717, 1.165) is 68.9 Å². The van der Waals surface area contributed by atoms with E-state index in [1.54, 1.807) is 0 Å². The van der Waals surface area contributed by atoms with E-state index >= 15 is 0 Å². The molecule has 144 valence electrons. The molecule has 7 nitrogen and oxygen atoms in total. The largest absolute Gasteiger partial charge is 0.379 e. The molecule has 2 aliphatic heterocycles. The van der Waals surface area contributed by atoms with Crippen LogP contribution in [-0.4, -0.2) is 73.5 Å². The van der Waals surface area contributed by atoms with Crippen LogP contribution in [-0.2, 0) is 4.74 Å². The van der Waals surface area contributed by atoms with Gasteiger partial charge in [-0.25, -0.2) is 0 Å². The van der Waals surface area contributed by atoms with Gasteiger partial charge in [-0.3, -0.25) is 9.69 Å². The number of amides is 1. The maximum absolute atomic E-state index is 12.7. The summed E-state index contributed by atoms with van der Waals surface area (Å²) in [6, 6.07) is 7.94. The Morgan fingerprint density at radius 3 is 2.56 bits per heavy atom. The molecule has 7 heteroatoms. The second-order valence-corrected chi connectivity index (χ2v) is 7.18. The fourth-order valence-corrected chi connectivity index (χ4v) is 3.83. The lowest BCUT2D eigenvalue weighted by Crippen LogP contribution is -2.38. The third-order valence-corrected chi connectivity index (χ3v) is 5.33. The van der Waals surface area contributed by atoms with E-state index in [9.17, 15) is 4.79 Å². The highest BCUT2D eigenvalue weighted by Gasteiger charge is 2.20. The SMILES string of the molecule is O=C(NCCCN1CCOCC1)c1nnc(N2CCCC2)c2ccccc12. The Morgan fingerprint density at radius 2 is 1.78 bits per heavy atom. The monoisotopic (exact) mass is 369 g/mol. The van der Waals surface area contributed by atoms with Crippen molar-refractivity contribution in [2.24, 2.45) is 0 Å². The maximum Gasteiger partial charge on any atom is 0.272 e. The number of ether oxygens (including phenoxy) is 1. The van der Waals surface area contributed by atoms with Gasteiger partial charge in [-0.1, -0.05) is 24.3 Å². The van der Waals surface area contributed by atoms with Crippen LogP contribution in [0.1, 0.15) is 29.8 Å². The van der Waals surface area contributed by atoms with Crippen LogP contribution >= 0.6 is 0 Å². The van der Waals surface area contributed by atoms with E-state index < -0.39 is 0 Å². The molecule has 2 aliphatic rings. The van der Waals surface area contributed by atoms with E-state index in [-0.39, 0.29) is 5.91 Å². The predicted octanol–water partition coefficient (Wildman–Crippen LogP) is 1.68. The van der Waals surface area contributed by atoms with Crippen LogP contribution in [0, 0.1) is 0 Å². The average molecular weight is 369 g/mol. The Bertz CT molecular complexity index is 785. The smallest absolute Gasteiger partial charge is 0.272 e. The van der Waals surface area contributed by atoms with Crippen LogP contribution in [0.4, 0.5) is 5.82 Å². The number of carbonyl (C=O) groups is 1. The Kier molecular flexibility index (Phi) is 5.79. The standard InChI is InChI=1S/C20H27N5O2/c26-20(21-8-5-9-24-12-14-27-15-13-24)18-16-6-1-2-7-17(16)19(23-22-18)25-10-3-4-11-25/h1-2,6-7H,3-5,8-15H2,(H,21,26). The molecule has 4 rings (SSSR count). The first-order valence-corrected chi connectivity index (χ1v) is 9.91. The summed E-state index contributed by atoms with van der Waals surface area (Å²) in [4.78, 5) is 17.3. The summed E-state index contributed by atoms with van der Waals surface area (Å²) in [5.74, 6) is 0.751. The molecule has 2 saturated heterocycles. The summed E-state index contributed by atoms with van der Waals surface area (Å²) >= 11 is 0. The topological polar surface area (TPSA) is 70.6 Å². The van der Waals surface area contributed by atoms with E-state index in [2.05, 4.69) is 25.3 Å². The molecule has 3 heterocycles. The molecule has 2 fully saturated rings. The van der Waals surface area contributed by atoms with Crippen LogP contribution in [0.3, 0.4) is 0 Å². The lowest BCUT2D eigenvalue weighted by Gasteiger charge is -2.26. The predicted molar refractivity (Wildman–Crippen MR) is 105 cm³/mol. The van der Waals surface area contributed by atoms with Crippen LogP contribution in [0.15, 0.2) is 24.3 Å². The number of nitrogens with zero attached hydrogens (tertiary/aromatic N) is 4. The van der Waals surface area contributed by atoms with Crippen LogP contribution < -0.4 is 10.2 Å². The summed E-state index contributed by atoms with van der Waals surface area (Å²) in [6.45, 7) is 7.18. The van der Waals surface area contributed by atoms with Gasteiger partial charge < -0.3 is 15.0 Å². The van der Waals surface area contributed by atoms with Gasteiger partial charge in [-0.2, -0.15) is 0 Å². The summed E-state index contributed by atoms with van der Waals surface area (Å²) in [6.07, 6.45) is 3.28. The number of hydrogen-bond donors (Lipinski definition) is 1. The number of rotatable bonds is 6. The van der Waals surface area contributed by atoms with Gasteiger partial charge in [0.1, 0.15) is 0 Å². The Morgan fingerprint density at radius 1 is 1.04 bits per heavy atom. The normalized spacial score (nSPS) is 18.1. The zero-order valence-corrected chi connectivity index (χ0v) is 15.7. The molecule has 27 heavy (non-hydrogen) atoms. The number of fused-ring (bicyclic) bond motifs is 1. The highest BCUT2D eigenvalue weighted by atomic mass is 16.5. The van der Waals surface area contributed by atoms with Crippen molar-refractivity contribution in [1.82, 2.24) is 20.4 Å². The first kappa shape index (κ1) is 18.1. The summed E-state index contributed by atoms with van der Waals surface area (Å²) in [5, 5.41) is 13.6. The van der Waals surface area contributed by atoms with Gasteiger partial charge in [0.05, 0.1) is 13.2 Å². The third kappa shape index (κ3) is 4.20. The van der Waals surface area contributed by atoms with Crippen molar-refractivity contribution in [3.8, 4) is 0 Å². The minimum absolute atomic E-state index is 0.145. The first-order chi connectivity index (χ1) is 13.3. The van der Waals surface area contributed by atoms with Crippen molar-refractivity contribution in [2.75, 3.05) is 57.4 Å². The van der Waals surface area contributed by atoms with Crippen molar-refractivity contribution in [3.05, 3.63) is 30.0 Å². The fourth-order valence-electron chi connectivity index (χ4n) is 3.83. The Labute approximate surface area is 159 Å². The zero-order valence-electron chi connectivity index (χ0n) is 15.7. The summed E-state index contributed by atoms with van der Waals surface area (Å²) < 4.78 is 5.36. The number of nitrogens with one attached hydrogen (secondary N) is 1. The maximum atomic E-state index is 12.7. The van der Waals surface area contributed by atoms with Crippen LogP contribution in [0.5, 0.6) is 0 Å². The molecule has 1 aromatic carbocycles. The van der Waals surface area contributed by atoms with Crippen LogP contribution in [0.25, 0.3) is 10.8 Å². The van der Waals surface area contributed by atoms with Crippen LogP contribution in [0.2, 0.25) is 0 Å². The fraction of sp³-hybridized carbons (Fsp3) is 0.550. The van der Waals surface area contributed by atoms with Gasteiger partial charge >= 0.3 is 0 Å². The van der Waals surface area contributed by atoms with Gasteiger partial charge in [0, 0.05) is 43.5 Å². The lowest BCUT2D eigenvalue weighted by molar-refractivity contribution is 0.0374. The van der Waals surface area contributed by atoms with Crippen molar-refractivity contribution < 1.29 is 9.53 Å². The minimum atomic E-state index is -0.145. The van der Waals surface area contributed by atoms with Crippen molar-refractivity contribution in [3.63, 3.8) is 0 Å². The van der Waals surface area contributed by atoms with E-state index in [1.807, 2.05) is 24.3 Å². The van der Waals surface area contributed by atoms with Gasteiger partial charge in [-0.05, 0) is 25.8 Å². The van der Waals surface area contributed by atoms with Gasteiger partial charge in [0.15, 0.2) is 11.5 Å². The number of aromatic nitrogens is 2. The molecule has 0 unspecified atom stereocenters. The lowest BCUT2D eigenvalue weighted by atomic mass is 10.1. The second kappa shape index (κ2) is 8.63. The highest BCUT2D eigenvalue weighted by molar-refractivity contribution is 6.07. The Balaban J connectivity index is 1.41. The van der Waals surface area contributed by atoms with E-state index in [4.69, 9.17) is 4.74 Å². The number of carbonyl (C=O) groups excluding carboxylic acids is 1. The number of hydrogen-bond acceptors (Lipinski definition) is 6. The molecule has 0 atom stereocenters. The second-order valence-electron chi connectivity index (χ2n) is 7.18.